The summed E-state index contributed by atoms with van der Waals surface area (Å²) >= 11 is 0. The highest BCUT2D eigenvalue weighted by Crippen LogP contribution is 2.29. The number of aryl methyl sites for hydroxylation is 1. The fourth-order valence-corrected chi connectivity index (χ4v) is 4.29. The SMILES string of the molecule is COCC1CN(S(=O)(=O)c2cccc(C)c2)CC1C(N)=O. The zero-order chi connectivity index (χ0) is 15.6. The second-order valence-corrected chi connectivity index (χ2v) is 7.30. The first kappa shape index (κ1) is 15.9. The van der Waals surface area contributed by atoms with Crippen molar-refractivity contribution in [3.05, 3.63) is 29.8 Å². The Balaban J connectivity index is 2.28. The van der Waals surface area contributed by atoms with Crippen LogP contribution in [0.3, 0.4) is 0 Å². The molecule has 2 atom stereocenters. The van der Waals surface area contributed by atoms with E-state index in [1.165, 1.54) is 11.4 Å². The molecule has 6 nitrogen and oxygen atoms in total. The monoisotopic (exact) mass is 312 g/mol. The number of hydrogen-bond acceptors (Lipinski definition) is 4. The minimum absolute atomic E-state index is 0.111. The van der Waals surface area contributed by atoms with Crippen molar-refractivity contribution in [1.82, 2.24) is 4.31 Å². The van der Waals surface area contributed by atoms with Gasteiger partial charge in [-0.1, -0.05) is 12.1 Å². The van der Waals surface area contributed by atoms with Crippen molar-refractivity contribution in [3.8, 4) is 0 Å². The quantitative estimate of drug-likeness (QED) is 0.850. The van der Waals surface area contributed by atoms with Crippen LogP contribution in [0, 0.1) is 18.8 Å². The molecule has 1 heterocycles. The molecule has 2 unspecified atom stereocenters. The second kappa shape index (κ2) is 6.13. The van der Waals surface area contributed by atoms with E-state index in [4.69, 9.17) is 10.5 Å². The lowest BCUT2D eigenvalue weighted by molar-refractivity contribution is -0.122. The lowest BCUT2D eigenvalue weighted by atomic mass is 9.96. The largest absolute Gasteiger partial charge is 0.384 e. The van der Waals surface area contributed by atoms with Gasteiger partial charge in [0.05, 0.1) is 17.4 Å². The number of methoxy groups -OCH3 is 1. The van der Waals surface area contributed by atoms with Gasteiger partial charge in [0.1, 0.15) is 0 Å². The molecule has 7 heteroatoms. The first-order chi connectivity index (χ1) is 9.86. The van der Waals surface area contributed by atoms with E-state index in [2.05, 4.69) is 0 Å². The van der Waals surface area contributed by atoms with E-state index >= 15 is 0 Å². The summed E-state index contributed by atoms with van der Waals surface area (Å²) in [6.45, 7) is 2.51. The van der Waals surface area contributed by atoms with Crippen LogP contribution in [0.25, 0.3) is 0 Å². The predicted octanol–water partition coefficient (Wildman–Crippen LogP) is 0.363. The van der Waals surface area contributed by atoms with Gasteiger partial charge in [0, 0.05) is 26.1 Å². The second-order valence-electron chi connectivity index (χ2n) is 5.36. The molecule has 0 saturated carbocycles. The van der Waals surface area contributed by atoms with Crippen LogP contribution < -0.4 is 5.73 Å². The topological polar surface area (TPSA) is 89.7 Å². The molecule has 0 aromatic heterocycles. The Morgan fingerprint density at radius 3 is 2.71 bits per heavy atom. The molecular formula is C14H20N2O4S. The third-order valence-electron chi connectivity index (χ3n) is 3.78. The molecule has 1 aromatic rings. The van der Waals surface area contributed by atoms with Gasteiger partial charge >= 0.3 is 0 Å². The Labute approximate surface area is 124 Å². The number of rotatable bonds is 5. The molecule has 1 amide bonds. The fraction of sp³-hybridized carbons (Fsp3) is 0.500. The van der Waals surface area contributed by atoms with Gasteiger partial charge in [0.25, 0.3) is 0 Å². The maximum Gasteiger partial charge on any atom is 0.243 e. The molecule has 2 N–H and O–H groups in total. The summed E-state index contributed by atoms with van der Waals surface area (Å²) in [5, 5.41) is 0. The van der Waals surface area contributed by atoms with E-state index in [0.29, 0.717) is 6.61 Å². The number of nitrogens with two attached hydrogens (primary N) is 1. The minimum Gasteiger partial charge on any atom is -0.384 e. The number of sulfonamides is 1. The number of nitrogens with zero attached hydrogens (tertiary/aromatic N) is 1. The first-order valence-corrected chi connectivity index (χ1v) is 8.15. The van der Waals surface area contributed by atoms with Crippen LogP contribution in [0.5, 0.6) is 0 Å². The highest BCUT2D eigenvalue weighted by atomic mass is 32.2. The summed E-state index contributed by atoms with van der Waals surface area (Å²) in [5.74, 6) is -1.20. The van der Waals surface area contributed by atoms with Crippen molar-refractivity contribution in [2.75, 3.05) is 26.8 Å². The van der Waals surface area contributed by atoms with Crippen LogP contribution >= 0.6 is 0 Å². The number of hydrogen-bond donors (Lipinski definition) is 1. The lowest BCUT2D eigenvalue weighted by Gasteiger charge is -2.16. The van der Waals surface area contributed by atoms with E-state index in [0.717, 1.165) is 5.56 Å². The van der Waals surface area contributed by atoms with E-state index < -0.39 is 21.8 Å². The summed E-state index contributed by atoms with van der Waals surface area (Å²) in [5.41, 5.74) is 6.24. The summed E-state index contributed by atoms with van der Waals surface area (Å²) in [6, 6.07) is 6.73. The van der Waals surface area contributed by atoms with Crippen molar-refractivity contribution >= 4 is 15.9 Å². The van der Waals surface area contributed by atoms with Gasteiger partial charge in [-0.2, -0.15) is 4.31 Å². The number of carbonyl (C=O) groups is 1. The van der Waals surface area contributed by atoms with Crippen LogP contribution in [0.1, 0.15) is 5.56 Å². The lowest BCUT2D eigenvalue weighted by Crippen LogP contribution is -2.32. The Morgan fingerprint density at radius 2 is 2.14 bits per heavy atom. The van der Waals surface area contributed by atoms with Crippen LogP contribution in [0.4, 0.5) is 0 Å². The van der Waals surface area contributed by atoms with Gasteiger partial charge in [-0.3, -0.25) is 4.79 Å². The van der Waals surface area contributed by atoms with Crippen LogP contribution in [0.15, 0.2) is 29.2 Å². The summed E-state index contributed by atoms with van der Waals surface area (Å²) < 4.78 is 31.7. The summed E-state index contributed by atoms with van der Waals surface area (Å²) in [7, 11) is -2.09. The average Bonchev–Trinajstić information content (AvgIpc) is 2.84. The van der Waals surface area contributed by atoms with Crippen molar-refractivity contribution in [3.63, 3.8) is 0 Å². The Morgan fingerprint density at radius 1 is 1.43 bits per heavy atom. The van der Waals surface area contributed by atoms with Crippen LogP contribution in [0.2, 0.25) is 0 Å². The molecule has 1 aromatic carbocycles. The molecule has 0 radical (unpaired) electrons. The van der Waals surface area contributed by atoms with Crippen molar-refractivity contribution in [2.24, 2.45) is 17.6 Å². The summed E-state index contributed by atoms with van der Waals surface area (Å²) in [4.78, 5) is 11.7. The maximum atomic E-state index is 12.6. The molecule has 1 saturated heterocycles. The molecular weight excluding hydrogens is 292 g/mol. The Kier molecular flexibility index (Phi) is 4.65. The standard InChI is InChI=1S/C14H20N2O4S/c1-10-4-3-5-12(6-10)21(18,19)16-7-11(9-20-2)13(8-16)14(15)17/h3-6,11,13H,7-9H2,1-2H3,(H2,15,17). The maximum absolute atomic E-state index is 12.6. The number of carbonyl (C=O) groups excluding carboxylic acids is 1. The number of amides is 1. The van der Waals surface area contributed by atoms with E-state index in [1.54, 1.807) is 18.2 Å². The molecule has 116 valence electrons. The minimum atomic E-state index is -3.61. The molecule has 0 spiro atoms. The molecule has 1 aliphatic heterocycles. The van der Waals surface area contributed by atoms with Crippen molar-refractivity contribution in [1.29, 1.82) is 0 Å². The highest BCUT2D eigenvalue weighted by Gasteiger charge is 2.41. The third-order valence-corrected chi connectivity index (χ3v) is 5.61. The first-order valence-electron chi connectivity index (χ1n) is 6.71. The smallest absolute Gasteiger partial charge is 0.243 e. The molecule has 0 bridgehead atoms. The highest BCUT2D eigenvalue weighted by molar-refractivity contribution is 7.89. The zero-order valence-electron chi connectivity index (χ0n) is 12.2. The molecule has 2 rings (SSSR count). The van der Waals surface area contributed by atoms with Crippen molar-refractivity contribution in [2.45, 2.75) is 11.8 Å². The normalized spacial score (nSPS) is 23.3. The van der Waals surface area contributed by atoms with Gasteiger partial charge in [0.15, 0.2) is 0 Å². The van der Waals surface area contributed by atoms with Gasteiger partial charge in [-0.15, -0.1) is 0 Å². The molecule has 1 fully saturated rings. The van der Waals surface area contributed by atoms with Crippen LogP contribution in [-0.4, -0.2) is 45.4 Å². The molecule has 0 aliphatic carbocycles. The third kappa shape index (κ3) is 3.25. The zero-order valence-corrected chi connectivity index (χ0v) is 13.0. The van der Waals surface area contributed by atoms with Gasteiger partial charge in [0.2, 0.25) is 15.9 Å². The average molecular weight is 312 g/mol. The van der Waals surface area contributed by atoms with Gasteiger partial charge in [-0.25, -0.2) is 8.42 Å². The number of benzene rings is 1. The van der Waals surface area contributed by atoms with E-state index in [-0.39, 0.29) is 23.9 Å². The summed E-state index contributed by atoms with van der Waals surface area (Å²) in [6.07, 6.45) is 0. The van der Waals surface area contributed by atoms with E-state index in [9.17, 15) is 13.2 Å². The van der Waals surface area contributed by atoms with Crippen molar-refractivity contribution < 1.29 is 17.9 Å². The van der Waals surface area contributed by atoms with Gasteiger partial charge in [-0.05, 0) is 24.6 Å². The number of primary amides is 1. The van der Waals surface area contributed by atoms with Crippen LogP contribution in [-0.2, 0) is 19.6 Å². The Bertz CT molecular complexity index is 630. The van der Waals surface area contributed by atoms with Gasteiger partial charge < -0.3 is 10.5 Å². The fourth-order valence-electron chi connectivity index (χ4n) is 2.66. The predicted molar refractivity (Wildman–Crippen MR) is 78.0 cm³/mol. The number of ether oxygens (including phenoxy) is 1. The van der Waals surface area contributed by atoms with E-state index in [1.807, 2.05) is 13.0 Å². The molecule has 1 aliphatic rings. The Hall–Kier alpha value is -1.44. The molecule has 21 heavy (non-hydrogen) atoms.